The van der Waals surface area contributed by atoms with E-state index in [-0.39, 0.29) is 23.2 Å². The van der Waals surface area contributed by atoms with Crippen LogP contribution >= 0.6 is 0 Å². The number of rotatable bonds is 3. The Labute approximate surface area is 112 Å². The van der Waals surface area contributed by atoms with Crippen LogP contribution in [0.2, 0.25) is 0 Å². The van der Waals surface area contributed by atoms with Crippen molar-refractivity contribution in [2.75, 3.05) is 5.32 Å². The molecule has 0 aromatic carbocycles. The molecule has 1 aliphatic rings. The Morgan fingerprint density at radius 1 is 1.37 bits per heavy atom. The summed E-state index contributed by atoms with van der Waals surface area (Å²) in [5, 5.41) is 2.69. The van der Waals surface area contributed by atoms with E-state index in [0.717, 1.165) is 12.8 Å². The van der Waals surface area contributed by atoms with Gasteiger partial charge in [0.15, 0.2) is 0 Å². The maximum Gasteiger partial charge on any atom is 0.342 e. The number of pyridine rings is 1. The average Bonchev–Trinajstić information content (AvgIpc) is 3.10. The molecule has 5 nitrogen and oxygen atoms in total. The quantitative estimate of drug-likeness (QED) is 0.849. The third-order valence-electron chi connectivity index (χ3n) is 2.62. The number of carbonyl (C=O) groups is 2. The molecule has 102 valence electrons. The summed E-state index contributed by atoms with van der Waals surface area (Å²) >= 11 is 0. The molecule has 0 saturated heterocycles. The monoisotopic (exact) mass is 262 g/mol. The fourth-order valence-corrected chi connectivity index (χ4v) is 1.57. The first kappa shape index (κ1) is 13.5. The van der Waals surface area contributed by atoms with E-state index in [2.05, 4.69) is 10.3 Å². The van der Waals surface area contributed by atoms with E-state index in [9.17, 15) is 9.59 Å². The van der Waals surface area contributed by atoms with Gasteiger partial charge in [0.25, 0.3) is 0 Å². The van der Waals surface area contributed by atoms with E-state index in [1.807, 2.05) is 0 Å². The highest BCUT2D eigenvalue weighted by molar-refractivity contribution is 6.01. The van der Waals surface area contributed by atoms with Crippen LogP contribution < -0.4 is 5.32 Å². The lowest BCUT2D eigenvalue weighted by atomic mass is 10.2. The number of nitrogens with zero attached hydrogens (tertiary/aromatic N) is 1. The van der Waals surface area contributed by atoms with Crippen LogP contribution in [0.15, 0.2) is 18.3 Å². The van der Waals surface area contributed by atoms with Gasteiger partial charge in [-0.2, -0.15) is 0 Å². The van der Waals surface area contributed by atoms with Crippen LogP contribution in [0.25, 0.3) is 0 Å². The summed E-state index contributed by atoms with van der Waals surface area (Å²) in [5.74, 6) is -0.225. The van der Waals surface area contributed by atoms with E-state index in [0.29, 0.717) is 0 Å². The van der Waals surface area contributed by atoms with Gasteiger partial charge in [0, 0.05) is 12.1 Å². The highest BCUT2D eigenvalue weighted by atomic mass is 16.6. The fourth-order valence-electron chi connectivity index (χ4n) is 1.57. The normalized spacial score (nSPS) is 14.9. The van der Waals surface area contributed by atoms with Crippen LogP contribution in [0.4, 0.5) is 5.82 Å². The standard InChI is InChI=1S/C14H18N2O3/c1-14(2,3)19-13(18)10-5-4-8-15-11(10)16-12(17)9-6-7-9/h4-5,8-9H,6-7H2,1-3H3,(H,15,16,17). The summed E-state index contributed by atoms with van der Waals surface area (Å²) in [6, 6.07) is 3.25. The molecule has 0 unspecified atom stereocenters. The zero-order valence-electron chi connectivity index (χ0n) is 11.4. The van der Waals surface area contributed by atoms with E-state index < -0.39 is 11.6 Å². The number of carbonyl (C=O) groups excluding carboxylic acids is 2. The Hall–Kier alpha value is -1.91. The predicted molar refractivity (Wildman–Crippen MR) is 70.8 cm³/mol. The van der Waals surface area contributed by atoms with Gasteiger partial charge in [-0.05, 0) is 45.7 Å². The Morgan fingerprint density at radius 2 is 2.05 bits per heavy atom. The van der Waals surface area contributed by atoms with Crippen molar-refractivity contribution in [3.05, 3.63) is 23.9 Å². The minimum Gasteiger partial charge on any atom is -0.456 e. The average molecular weight is 262 g/mol. The molecule has 0 bridgehead atoms. The van der Waals surface area contributed by atoms with Gasteiger partial charge in [0.2, 0.25) is 5.91 Å². The summed E-state index contributed by atoms with van der Waals surface area (Å²) in [4.78, 5) is 27.8. The molecular weight excluding hydrogens is 244 g/mol. The van der Waals surface area contributed by atoms with Crippen molar-refractivity contribution in [2.24, 2.45) is 5.92 Å². The van der Waals surface area contributed by atoms with Gasteiger partial charge >= 0.3 is 5.97 Å². The van der Waals surface area contributed by atoms with Gasteiger partial charge in [0.05, 0.1) is 0 Å². The van der Waals surface area contributed by atoms with Gasteiger partial charge < -0.3 is 10.1 Å². The maximum absolute atomic E-state index is 12.0. The van der Waals surface area contributed by atoms with Gasteiger partial charge in [-0.1, -0.05) is 0 Å². The summed E-state index contributed by atoms with van der Waals surface area (Å²) in [5.41, 5.74) is -0.295. The zero-order chi connectivity index (χ0) is 14.0. The highest BCUT2D eigenvalue weighted by Gasteiger charge is 2.31. The van der Waals surface area contributed by atoms with Crippen molar-refractivity contribution in [1.29, 1.82) is 0 Å². The van der Waals surface area contributed by atoms with E-state index in [1.54, 1.807) is 32.9 Å². The molecule has 1 amide bonds. The lowest BCUT2D eigenvalue weighted by Gasteiger charge is -2.20. The van der Waals surface area contributed by atoms with Gasteiger partial charge in [-0.15, -0.1) is 0 Å². The smallest absolute Gasteiger partial charge is 0.342 e. The number of hydrogen-bond donors (Lipinski definition) is 1. The van der Waals surface area contributed by atoms with Crippen molar-refractivity contribution < 1.29 is 14.3 Å². The highest BCUT2D eigenvalue weighted by Crippen LogP contribution is 2.30. The Bertz CT molecular complexity index is 502. The van der Waals surface area contributed by atoms with Crippen LogP contribution in [0.3, 0.4) is 0 Å². The molecule has 2 rings (SSSR count). The number of nitrogens with one attached hydrogen (secondary N) is 1. The summed E-state index contributed by atoms with van der Waals surface area (Å²) in [6.07, 6.45) is 3.34. The first-order valence-corrected chi connectivity index (χ1v) is 6.36. The van der Waals surface area contributed by atoms with E-state index in [1.165, 1.54) is 6.20 Å². The second kappa shape index (κ2) is 4.99. The molecule has 5 heteroatoms. The molecular formula is C14H18N2O3. The molecule has 1 fully saturated rings. The lowest BCUT2D eigenvalue weighted by Crippen LogP contribution is -2.25. The second-order valence-corrected chi connectivity index (χ2v) is 5.66. The number of esters is 1. The number of hydrogen-bond acceptors (Lipinski definition) is 4. The van der Waals surface area contributed by atoms with Crippen molar-refractivity contribution in [2.45, 2.75) is 39.2 Å². The van der Waals surface area contributed by atoms with Crippen LogP contribution in [0.5, 0.6) is 0 Å². The molecule has 1 N–H and O–H groups in total. The third kappa shape index (κ3) is 3.77. The molecule has 1 saturated carbocycles. The molecule has 0 atom stereocenters. The lowest BCUT2D eigenvalue weighted by molar-refractivity contribution is -0.117. The van der Waals surface area contributed by atoms with Crippen LogP contribution in [-0.2, 0) is 9.53 Å². The number of anilines is 1. The number of ether oxygens (including phenoxy) is 1. The first-order chi connectivity index (χ1) is 8.87. The van der Waals surface area contributed by atoms with Gasteiger partial charge in [0.1, 0.15) is 17.0 Å². The molecule has 1 aromatic rings. The number of amides is 1. The SMILES string of the molecule is CC(C)(C)OC(=O)c1cccnc1NC(=O)C1CC1. The molecule has 19 heavy (non-hydrogen) atoms. The van der Waals surface area contributed by atoms with Crippen molar-refractivity contribution in [1.82, 2.24) is 4.98 Å². The van der Waals surface area contributed by atoms with Crippen LogP contribution in [-0.4, -0.2) is 22.5 Å². The summed E-state index contributed by atoms with van der Waals surface area (Å²) in [7, 11) is 0. The minimum atomic E-state index is -0.579. The Morgan fingerprint density at radius 3 is 2.63 bits per heavy atom. The van der Waals surface area contributed by atoms with E-state index >= 15 is 0 Å². The fraction of sp³-hybridized carbons (Fsp3) is 0.500. The van der Waals surface area contributed by atoms with Crippen molar-refractivity contribution >= 4 is 17.7 Å². The molecule has 1 aromatic heterocycles. The molecule has 1 aliphatic carbocycles. The summed E-state index contributed by atoms with van der Waals surface area (Å²) in [6.45, 7) is 5.39. The first-order valence-electron chi connectivity index (χ1n) is 6.36. The van der Waals surface area contributed by atoms with E-state index in [4.69, 9.17) is 4.74 Å². The summed E-state index contributed by atoms with van der Waals surface area (Å²) < 4.78 is 5.29. The van der Waals surface area contributed by atoms with Gasteiger partial charge in [-0.3, -0.25) is 4.79 Å². The molecule has 0 aliphatic heterocycles. The van der Waals surface area contributed by atoms with Gasteiger partial charge in [-0.25, -0.2) is 9.78 Å². The maximum atomic E-state index is 12.0. The van der Waals surface area contributed by atoms with Crippen molar-refractivity contribution in [3.8, 4) is 0 Å². The van der Waals surface area contributed by atoms with Crippen molar-refractivity contribution in [3.63, 3.8) is 0 Å². The van der Waals surface area contributed by atoms with Crippen LogP contribution in [0.1, 0.15) is 44.0 Å². The molecule has 1 heterocycles. The number of aromatic nitrogens is 1. The second-order valence-electron chi connectivity index (χ2n) is 5.66. The zero-order valence-corrected chi connectivity index (χ0v) is 11.4. The Kier molecular flexibility index (Phi) is 3.55. The molecule has 0 radical (unpaired) electrons. The van der Waals surface area contributed by atoms with Crippen LogP contribution in [0, 0.1) is 5.92 Å². The minimum absolute atomic E-state index is 0.0634. The molecule has 0 spiro atoms. The Balaban J connectivity index is 2.15. The third-order valence-corrected chi connectivity index (χ3v) is 2.62. The topological polar surface area (TPSA) is 68.3 Å². The largest absolute Gasteiger partial charge is 0.456 e. The predicted octanol–water partition coefficient (Wildman–Crippen LogP) is 2.39.